The highest BCUT2D eigenvalue weighted by atomic mass is 127. The summed E-state index contributed by atoms with van der Waals surface area (Å²) in [5, 5.41) is 16.8. The van der Waals surface area contributed by atoms with E-state index in [-0.39, 0.29) is 24.0 Å². The minimum atomic E-state index is -0.496. The van der Waals surface area contributed by atoms with Crippen molar-refractivity contribution >= 4 is 29.9 Å². The minimum absolute atomic E-state index is 0. The Balaban J connectivity index is 0.00000392. The van der Waals surface area contributed by atoms with Gasteiger partial charge in [-0.1, -0.05) is 42.5 Å². The second kappa shape index (κ2) is 13.4. The average Bonchev–Trinajstić information content (AvgIpc) is 2.68. The second-order valence-corrected chi connectivity index (χ2v) is 6.54. The maximum absolute atomic E-state index is 10.2. The van der Waals surface area contributed by atoms with E-state index in [4.69, 9.17) is 4.74 Å². The molecule has 3 N–H and O–H groups in total. The zero-order valence-electron chi connectivity index (χ0n) is 16.9. The van der Waals surface area contributed by atoms with Crippen molar-refractivity contribution in [2.24, 2.45) is 4.99 Å². The Kier molecular flexibility index (Phi) is 11.6. The molecule has 2 rings (SSSR count). The summed E-state index contributed by atoms with van der Waals surface area (Å²) < 4.78 is 5.38. The monoisotopic (exact) mass is 497 g/mol. The van der Waals surface area contributed by atoms with Crippen molar-refractivity contribution in [1.29, 1.82) is 0 Å². The lowest BCUT2D eigenvalue weighted by atomic mass is 10.1. The fourth-order valence-electron chi connectivity index (χ4n) is 2.83. The summed E-state index contributed by atoms with van der Waals surface area (Å²) >= 11 is 0. The third-order valence-electron chi connectivity index (χ3n) is 4.30. The maximum Gasteiger partial charge on any atom is 0.191 e. The van der Waals surface area contributed by atoms with Crippen LogP contribution in [0.3, 0.4) is 0 Å². The number of methoxy groups -OCH3 is 1. The van der Waals surface area contributed by atoms with Gasteiger partial charge in [0.05, 0.1) is 19.8 Å². The van der Waals surface area contributed by atoms with Crippen molar-refractivity contribution < 1.29 is 9.84 Å². The normalized spacial score (nSPS) is 12.1. The van der Waals surface area contributed by atoms with Crippen LogP contribution in [0.15, 0.2) is 53.5 Å². The predicted molar refractivity (Wildman–Crippen MR) is 127 cm³/mol. The number of halogens is 1. The van der Waals surface area contributed by atoms with Crippen molar-refractivity contribution in [1.82, 2.24) is 10.6 Å². The average molecular weight is 497 g/mol. The molecule has 1 unspecified atom stereocenters. The molecule has 0 bridgehead atoms. The summed E-state index contributed by atoms with van der Waals surface area (Å²) in [7, 11) is 1.70. The molecule has 0 aliphatic rings. The SMILES string of the molecule is CCNC(=NCC(O)Cc1ccccc1)NCCc1ccc(C)c(OC)c1.I. The molecule has 2 aromatic rings. The fraction of sp³-hybridized carbons (Fsp3) is 0.409. The lowest BCUT2D eigenvalue weighted by Gasteiger charge is -2.14. The molecule has 0 heterocycles. The van der Waals surface area contributed by atoms with E-state index in [1.54, 1.807) is 7.11 Å². The molecular weight excluding hydrogens is 465 g/mol. The van der Waals surface area contributed by atoms with Gasteiger partial charge in [-0.3, -0.25) is 4.99 Å². The number of hydrogen-bond donors (Lipinski definition) is 3. The molecule has 5 nitrogen and oxygen atoms in total. The Morgan fingerprint density at radius 3 is 2.54 bits per heavy atom. The van der Waals surface area contributed by atoms with Crippen LogP contribution in [-0.4, -0.2) is 43.9 Å². The van der Waals surface area contributed by atoms with E-state index < -0.39 is 6.10 Å². The maximum atomic E-state index is 10.2. The van der Waals surface area contributed by atoms with Gasteiger partial charge in [-0.25, -0.2) is 0 Å². The quantitative estimate of drug-likeness (QED) is 0.283. The summed E-state index contributed by atoms with van der Waals surface area (Å²) in [6.07, 6.45) is 0.977. The fourth-order valence-corrected chi connectivity index (χ4v) is 2.83. The number of nitrogens with zero attached hydrogens (tertiary/aromatic N) is 1. The number of nitrogens with one attached hydrogen (secondary N) is 2. The van der Waals surface area contributed by atoms with Crippen LogP contribution in [0, 0.1) is 6.92 Å². The number of aliphatic imine (C=N–C) groups is 1. The van der Waals surface area contributed by atoms with Crippen molar-refractivity contribution in [3.05, 3.63) is 65.2 Å². The van der Waals surface area contributed by atoms with Gasteiger partial charge in [0.2, 0.25) is 0 Å². The molecule has 0 aromatic heterocycles. The first kappa shape index (κ1) is 24.2. The van der Waals surface area contributed by atoms with Gasteiger partial charge in [-0.15, -0.1) is 24.0 Å². The predicted octanol–water partition coefficient (Wildman–Crippen LogP) is 3.32. The zero-order chi connectivity index (χ0) is 19.5. The van der Waals surface area contributed by atoms with Gasteiger partial charge in [-0.2, -0.15) is 0 Å². The Bertz CT molecular complexity index is 723. The molecule has 0 spiro atoms. The number of hydrogen-bond acceptors (Lipinski definition) is 3. The molecule has 0 fully saturated rings. The largest absolute Gasteiger partial charge is 0.496 e. The summed E-state index contributed by atoms with van der Waals surface area (Å²) in [4.78, 5) is 4.51. The molecule has 1 atom stereocenters. The van der Waals surface area contributed by atoms with Gasteiger partial charge in [0.1, 0.15) is 5.75 Å². The van der Waals surface area contributed by atoms with Gasteiger partial charge >= 0.3 is 0 Å². The summed E-state index contributed by atoms with van der Waals surface area (Å²) in [5.41, 5.74) is 3.47. The van der Waals surface area contributed by atoms with Gasteiger partial charge in [0, 0.05) is 19.5 Å². The molecular formula is C22H32IN3O2. The van der Waals surface area contributed by atoms with Crippen molar-refractivity contribution in [3.8, 4) is 5.75 Å². The highest BCUT2D eigenvalue weighted by Crippen LogP contribution is 2.18. The Morgan fingerprint density at radius 1 is 1.11 bits per heavy atom. The topological polar surface area (TPSA) is 65.9 Å². The Morgan fingerprint density at radius 2 is 1.86 bits per heavy atom. The van der Waals surface area contributed by atoms with Gasteiger partial charge in [0.25, 0.3) is 0 Å². The van der Waals surface area contributed by atoms with E-state index in [1.165, 1.54) is 5.56 Å². The van der Waals surface area contributed by atoms with Crippen LogP contribution in [0.1, 0.15) is 23.6 Å². The Hall–Kier alpha value is -1.80. The number of ether oxygens (including phenoxy) is 1. The van der Waals surface area contributed by atoms with E-state index in [9.17, 15) is 5.11 Å². The van der Waals surface area contributed by atoms with Crippen LogP contribution in [0.4, 0.5) is 0 Å². The Labute approximate surface area is 185 Å². The zero-order valence-corrected chi connectivity index (χ0v) is 19.3. The van der Waals surface area contributed by atoms with E-state index in [0.717, 1.165) is 42.3 Å². The standard InChI is InChI=1S/C22H31N3O2.HI/c1-4-23-22(25-16-20(26)14-18-8-6-5-7-9-18)24-13-12-19-11-10-17(2)21(15-19)27-3;/h5-11,15,20,26H,4,12-14,16H2,1-3H3,(H2,23,24,25);1H. The molecule has 0 aliphatic carbocycles. The molecule has 0 radical (unpaired) electrons. The summed E-state index contributed by atoms with van der Waals surface area (Å²) in [6, 6.07) is 16.3. The molecule has 6 heteroatoms. The van der Waals surface area contributed by atoms with Crippen LogP contribution in [-0.2, 0) is 12.8 Å². The molecule has 28 heavy (non-hydrogen) atoms. The van der Waals surface area contributed by atoms with Crippen LogP contribution in [0.5, 0.6) is 5.75 Å². The van der Waals surface area contributed by atoms with E-state index in [0.29, 0.717) is 13.0 Å². The number of rotatable bonds is 9. The molecule has 0 saturated carbocycles. The van der Waals surface area contributed by atoms with Crippen LogP contribution >= 0.6 is 24.0 Å². The van der Waals surface area contributed by atoms with Crippen molar-refractivity contribution in [3.63, 3.8) is 0 Å². The first-order chi connectivity index (χ1) is 13.1. The van der Waals surface area contributed by atoms with E-state index >= 15 is 0 Å². The summed E-state index contributed by atoms with van der Waals surface area (Å²) in [5.74, 6) is 1.64. The lowest BCUT2D eigenvalue weighted by Crippen LogP contribution is -2.39. The van der Waals surface area contributed by atoms with Crippen LogP contribution in [0.25, 0.3) is 0 Å². The number of aliphatic hydroxyl groups excluding tert-OH is 1. The van der Waals surface area contributed by atoms with Gasteiger partial charge in [0.15, 0.2) is 5.96 Å². The second-order valence-electron chi connectivity index (χ2n) is 6.54. The molecule has 2 aromatic carbocycles. The lowest BCUT2D eigenvalue weighted by molar-refractivity contribution is 0.183. The first-order valence-corrected chi connectivity index (χ1v) is 9.50. The molecule has 154 valence electrons. The van der Waals surface area contributed by atoms with E-state index in [1.807, 2.05) is 44.2 Å². The first-order valence-electron chi connectivity index (χ1n) is 9.50. The molecule has 0 amide bonds. The van der Waals surface area contributed by atoms with Crippen LogP contribution in [0.2, 0.25) is 0 Å². The summed E-state index contributed by atoms with van der Waals surface area (Å²) in [6.45, 7) is 5.97. The minimum Gasteiger partial charge on any atom is -0.496 e. The molecule has 0 saturated heterocycles. The smallest absolute Gasteiger partial charge is 0.191 e. The van der Waals surface area contributed by atoms with Crippen molar-refractivity contribution in [2.45, 2.75) is 32.8 Å². The van der Waals surface area contributed by atoms with Crippen molar-refractivity contribution in [2.75, 3.05) is 26.7 Å². The number of benzene rings is 2. The highest BCUT2D eigenvalue weighted by molar-refractivity contribution is 14.0. The van der Waals surface area contributed by atoms with Gasteiger partial charge < -0.3 is 20.5 Å². The van der Waals surface area contributed by atoms with E-state index in [2.05, 4.69) is 33.8 Å². The van der Waals surface area contributed by atoms with Crippen LogP contribution < -0.4 is 15.4 Å². The number of aryl methyl sites for hydroxylation is 1. The third kappa shape index (κ3) is 8.48. The van der Waals surface area contributed by atoms with Gasteiger partial charge in [-0.05, 0) is 43.0 Å². The highest BCUT2D eigenvalue weighted by Gasteiger charge is 2.06. The number of aliphatic hydroxyl groups is 1. The molecule has 0 aliphatic heterocycles. The number of guanidine groups is 1. The third-order valence-corrected chi connectivity index (χ3v) is 4.30.